The van der Waals surface area contributed by atoms with E-state index in [0.717, 1.165) is 5.56 Å². The minimum absolute atomic E-state index is 0.609. The van der Waals surface area contributed by atoms with Crippen molar-refractivity contribution in [3.8, 4) is 0 Å². The number of halogens is 1. The molecular formula is C10H13ClO2. The lowest BCUT2D eigenvalue weighted by atomic mass is 10.0. The fourth-order valence-corrected chi connectivity index (χ4v) is 1.26. The zero-order valence-corrected chi connectivity index (χ0v) is 8.42. The van der Waals surface area contributed by atoms with Gasteiger partial charge in [-0.2, -0.15) is 0 Å². The smallest absolute Gasteiger partial charge is 0.105 e. The summed E-state index contributed by atoms with van der Waals surface area (Å²) in [7, 11) is 0. The molecule has 0 fully saturated rings. The van der Waals surface area contributed by atoms with Crippen LogP contribution in [0.5, 0.6) is 0 Å². The Morgan fingerprint density at radius 3 is 2.38 bits per heavy atom. The minimum Gasteiger partial charge on any atom is -0.390 e. The van der Waals surface area contributed by atoms with Crippen molar-refractivity contribution in [3.63, 3.8) is 0 Å². The second-order valence-electron chi connectivity index (χ2n) is 3.19. The highest BCUT2D eigenvalue weighted by atomic mass is 35.5. The lowest BCUT2D eigenvalue weighted by Crippen LogP contribution is -2.13. The maximum absolute atomic E-state index is 9.50. The van der Waals surface area contributed by atoms with Crippen molar-refractivity contribution < 1.29 is 10.2 Å². The molecule has 0 radical (unpaired) electrons. The van der Waals surface area contributed by atoms with Crippen LogP contribution in [0.3, 0.4) is 0 Å². The van der Waals surface area contributed by atoms with Gasteiger partial charge in [-0.15, -0.1) is 0 Å². The molecule has 0 saturated carbocycles. The highest BCUT2D eigenvalue weighted by molar-refractivity contribution is 6.31. The molecule has 0 bridgehead atoms. The highest BCUT2D eigenvalue weighted by Gasteiger charge is 2.13. The van der Waals surface area contributed by atoms with Crippen LogP contribution < -0.4 is 0 Å². The molecular weight excluding hydrogens is 188 g/mol. The van der Waals surface area contributed by atoms with Gasteiger partial charge in [0.1, 0.15) is 6.10 Å². The van der Waals surface area contributed by atoms with Gasteiger partial charge in [0.05, 0.1) is 6.10 Å². The average molecular weight is 201 g/mol. The Labute approximate surface area is 82.8 Å². The quantitative estimate of drug-likeness (QED) is 0.768. The predicted octanol–water partition coefficient (Wildman–Crippen LogP) is 2.06. The summed E-state index contributed by atoms with van der Waals surface area (Å²) in [5.41, 5.74) is 1.61. The third kappa shape index (κ3) is 2.44. The summed E-state index contributed by atoms with van der Waals surface area (Å²) in [6, 6.07) is 5.26. The van der Waals surface area contributed by atoms with Crippen molar-refractivity contribution in [2.24, 2.45) is 0 Å². The molecule has 13 heavy (non-hydrogen) atoms. The molecule has 0 heterocycles. The van der Waals surface area contributed by atoms with Crippen LogP contribution in [0.1, 0.15) is 24.2 Å². The molecule has 0 amide bonds. The predicted molar refractivity (Wildman–Crippen MR) is 52.8 cm³/mol. The van der Waals surface area contributed by atoms with E-state index in [1.54, 1.807) is 19.1 Å². The number of aliphatic hydroxyl groups is 2. The van der Waals surface area contributed by atoms with E-state index in [4.69, 9.17) is 16.7 Å². The molecule has 0 aromatic heterocycles. The summed E-state index contributed by atoms with van der Waals surface area (Å²) in [4.78, 5) is 0. The molecule has 2 N–H and O–H groups in total. The van der Waals surface area contributed by atoms with Crippen LogP contribution in [0.25, 0.3) is 0 Å². The molecule has 0 aliphatic heterocycles. The Hall–Kier alpha value is -0.570. The van der Waals surface area contributed by atoms with Crippen LogP contribution in [-0.4, -0.2) is 16.3 Å². The molecule has 3 heteroatoms. The van der Waals surface area contributed by atoms with Gasteiger partial charge in [-0.25, -0.2) is 0 Å². The van der Waals surface area contributed by atoms with Crippen molar-refractivity contribution in [3.05, 3.63) is 34.3 Å². The largest absolute Gasteiger partial charge is 0.390 e. The summed E-state index contributed by atoms with van der Waals surface area (Å²) in [5.74, 6) is 0. The van der Waals surface area contributed by atoms with Crippen molar-refractivity contribution in [2.45, 2.75) is 26.1 Å². The molecule has 0 aliphatic carbocycles. The first-order valence-electron chi connectivity index (χ1n) is 4.14. The fraction of sp³-hybridized carbons (Fsp3) is 0.400. The Morgan fingerprint density at radius 2 is 1.92 bits per heavy atom. The maximum atomic E-state index is 9.50. The Balaban J connectivity index is 2.97. The normalized spacial score (nSPS) is 15.5. The average Bonchev–Trinajstić information content (AvgIpc) is 2.08. The number of hydrogen-bond acceptors (Lipinski definition) is 2. The fourth-order valence-electron chi connectivity index (χ4n) is 1.07. The van der Waals surface area contributed by atoms with E-state index < -0.39 is 12.2 Å². The second kappa shape index (κ2) is 4.09. The van der Waals surface area contributed by atoms with E-state index in [1.807, 2.05) is 13.0 Å². The van der Waals surface area contributed by atoms with Gasteiger partial charge in [-0.05, 0) is 31.0 Å². The van der Waals surface area contributed by atoms with Gasteiger partial charge in [0.25, 0.3) is 0 Å². The lowest BCUT2D eigenvalue weighted by Gasteiger charge is -2.14. The Kier molecular flexibility index (Phi) is 3.31. The third-order valence-corrected chi connectivity index (χ3v) is 2.40. The highest BCUT2D eigenvalue weighted by Crippen LogP contribution is 2.22. The van der Waals surface area contributed by atoms with Gasteiger partial charge < -0.3 is 10.2 Å². The van der Waals surface area contributed by atoms with Crippen molar-refractivity contribution in [1.82, 2.24) is 0 Å². The Bertz CT molecular complexity index is 297. The minimum atomic E-state index is -0.863. The van der Waals surface area contributed by atoms with Crippen molar-refractivity contribution >= 4 is 11.6 Å². The van der Waals surface area contributed by atoms with Crippen LogP contribution in [0.15, 0.2) is 18.2 Å². The topological polar surface area (TPSA) is 40.5 Å². The number of aryl methyl sites for hydroxylation is 1. The first kappa shape index (κ1) is 10.5. The Morgan fingerprint density at radius 1 is 1.31 bits per heavy atom. The van der Waals surface area contributed by atoms with Gasteiger partial charge in [0.2, 0.25) is 0 Å². The van der Waals surface area contributed by atoms with E-state index >= 15 is 0 Å². The van der Waals surface area contributed by atoms with Crippen molar-refractivity contribution in [1.29, 1.82) is 0 Å². The molecule has 2 atom stereocenters. The number of hydrogen-bond donors (Lipinski definition) is 2. The maximum Gasteiger partial charge on any atom is 0.105 e. The molecule has 72 valence electrons. The third-order valence-electron chi connectivity index (χ3n) is 1.99. The molecule has 1 aromatic rings. The summed E-state index contributed by atoms with van der Waals surface area (Å²) >= 11 is 5.87. The van der Waals surface area contributed by atoms with Crippen LogP contribution in [0.2, 0.25) is 5.02 Å². The molecule has 1 aromatic carbocycles. The van der Waals surface area contributed by atoms with Crippen LogP contribution in [0.4, 0.5) is 0 Å². The van der Waals surface area contributed by atoms with Crippen LogP contribution in [-0.2, 0) is 0 Å². The van der Waals surface area contributed by atoms with E-state index in [-0.39, 0.29) is 0 Å². The van der Waals surface area contributed by atoms with Gasteiger partial charge in [0.15, 0.2) is 0 Å². The van der Waals surface area contributed by atoms with Gasteiger partial charge in [-0.3, -0.25) is 0 Å². The summed E-state index contributed by atoms with van der Waals surface area (Å²) in [6.45, 7) is 3.43. The van der Waals surface area contributed by atoms with E-state index in [9.17, 15) is 5.11 Å². The van der Waals surface area contributed by atoms with Gasteiger partial charge in [-0.1, -0.05) is 23.7 Å². The first-order chi connectivity index (χ1) is 6.02. The van der Waals surface area contributed by atoms with Crippen LogP contribution in [0, 0.1) is 6.92 Å². The molecule has 1 rings (SSSR count). The number of rotatable bonds is 2. The zero-order valence-electron chi connectivity index (χ0n) is 7.66. The van der Waals surface area contributed by atoms with Gasteiger partial charge in [0, 0.05) is 5.02 Å². The zero-order chi connectivity index (χ0) is 10.0. The molecule has 0 aliphatic rings. The first-order valence-corrected chi connectivity index (χ1v) is 4.52. The number of benzene rings is 1. The molecule has 0 saturated heterocycles. The van der Waals surface area contributed by atoms with E-state index in [2.05, 4.69) is 0 Å². The monoisotopic (exact) mass is 200 g/mol. The lowest BCUT2D eigenvalue weighted by molar-refractivity contribution is 0.0305. The van der Waals surface area contributed by atoms with E-state index in [1.165, 1.54) is 0 Å². The SMILES string of the molecule is Cc1ccc(C(O)C(C)O)cc1Cl. The molecule has 2 nitrogen and oxygen atoms in total. The second-order valence-corrected chi connectivity index (χ2v) is 3.60. The van der Waals surface area contributed by atoms with Gasteiger partial charge >= 0.3 is 0 Å². The standard InChI is InChI=1S/C10H13ClO2/c1-6-3-4-8(5-9(6)11)10(13)7(2)12/h3-5,7,10,12-13H,1-2H3. The molecule has 2 unspecified atom stereocenters. The number of aliphatic hydroxyl groups excluding tert-OH is 2. The van der Waals surface area contributed by atoms with Crippen molar-refractivity contribution in [2.75, 3.05) is 0 Å². The summed E-state index contributed by atoms with van der Waals surface area (Å²) in [6.07, 6.45) is -1.64. The summed E-state index contributed by atoms with van der Waals surface area (Å²) in [5, 5.41) is 19.3. The van der Waals surface area contributed by atoms with E-state index in [0.29, 0.717) is 10.6 Å². The summed E-state index contributed by atoms with van der Waals surface area (Å²) < 4.78 is 0. The van der Waals surface area contributed by atoms with Crippen LogP contribution >= 0.6 is 11.6 Å². The molecule has 0 spiro atoms.